The fourth-order valence-corrected chi connectivity index (χ4v) is 1.78. The molecule has 0 N–H and O–H groups in total. The quantitative estimate of drug-likeness (QED) is 0.786. The van der Waals surface area contributed by atoms with E-state index in [4.69, 9.17) is 4.74 Å². The second kappa shape index (κ2) is 4.83. The Hall–Kier alpha value is -1.09. The van der Waals surface area contributed by atoms with Gasteiger partial charge in [0.2, 0.25) is 0 Å². The summed E-state index contributed by atoms with van der Waals surface area (Å²) in [5.74, 6) is 0. The highest BCUT2D eigenvalue weighted by Crippen LogP contribution is 2.35. The maximum Gasteiger partial charge on any atom is 0.104 e. The average molecular weight is 222 g/mol. The molecule has 1 rings (SSSR count). The Balaban J connectivity index is 3.07. The van der Waals surface area contributed by atoms with Gasteiger partial charge in [0.1, 0.15) is 6.10 Å². The average Bonchev–Trinajstić information content (AvgIpc) is 2.17. The molecule has 0 radical (unpaired) electrons. The number of anilines is 1. The summed E-state index contributed by atoms with van der Waals surface area (Å²) in [6.45, 7) is 6.47. The summed E-state index contributed by atoms with van der Waals surface area (Å²) in [6, 6.07) is 4.08. The zero-order valence-corrected chi connectivity index (χ0v) is 11.1. The number of hydrogen-bond acceptors (Lipinski definition) is 3. The van der Waals surface area contributed by atoms with Crippen molar-refractivity contribution in [1.82, 2.24) is 4.98 Å². The smallest absolute Gasteiger partial charge is 0.104 e. The van der Waals surface area contributed by atoms with Crippen molar-refractivity contribution in [3.63, 3.8) is 0 Å². The number of pyridine rings is 1. The minimum atomic E-state index is 0.0207. The second-order valence-electron chi connectivity index (χ2n) is 5.32. The molecule has 0 bridgehead atoms. The van der Waals surface area contributed by atoms with Gasteiger partial charge in [0.25, 0.3) is 0 Å². The third-order valence-corrected chi connectivity index (χ3v) is 2.57. The normalized spacial score (nSPS) is 13.6. The molecule has 1 aromatic heterocycles. The molecule has 3 nitrogen and oxygen atoms in total. The fourth-order valence-electron chi connectivity index (χ4n) is 1.78. The van der Waals surface area contributed by atoms with Crippen LogP contribution in [0.3, 0.4) is 0 Å². The topological polar surface area (TPSA) is 25.4 Å². The number of methoxy groups -OCH3 is 1. The number of rotatable bonds is 3. The van der Waals surface area contributed by atoms with Crippen molar-refractivity contribution in [2.45, 2.75) is 26.9 Å². The van der Waals surface area contributed by atoms with E-state index in [0.29, 0.717) is 0 Å². The predicted molar refractivity (Wildman–Crippen MR) is 67.8 cm³/mol. The monoisotopic (exact) mass is 222 g/mol. The Labute approximate surface area is 98.4 Å². The molecule has 16 heavy (non-hydrogen) atoms. The van der Waals surface area contributed by atoms with Gasteiger partial charge >= 0.3 is 0 Å². The number of hydrogen-bond donors (Lipinski definition) is 0. The molecule has 1 aromatic rings. The van der Waals surface area contributed by atoms with Gasteiger partial charge in [-0.3, -0.25) is 4.98 Å². The summed E-state index contributed by atoms with van der Waals surface area (Å²) in [7, 11) is 5.79. The van der Waals surface area contributed by atoms with Crippen LogP contribution in [0.4, 0.5) is 5.69 Å². The molecule has 0 saturated carbocycles. The van der Waals surface area contributed by atoms with E-state index < -0.39 is 0 Å². The van der Waals surface area contributed by atoms with Gasteiger partial charge in [0.15, 0.2) is 0 Å². The van der Waals surface area contributed by atoms with Crippen LogP contribution < -0.4 is 4.90 Å². The Morgan fingerprint density at radius 2 is 1.94 bits per heavy atom. The Bertz CT molecular complexity index is 342. The van der Waals surface area contributed by atoms with Crippen molar-refractivity contribution in [3.8, 4) is 0 Å². The largest absolute Gasteiger partial charge is 0.378 e. The van der Waals surface area contributed by atoms with E-state index in [-0.39, 0.29) is 11.5 Å². The first kappa shape index (κ1) is 13.0. The van der Waals surface area contributed by atoms with Gasteiger partial charge in [-0.1, -0.05) is 20.8 Å². The number of aromatic nitrogens is 1. The maximum atomic E-state index is 5.55. The number of nitrogens with zero attached hydrogens (tertiary/aromatic N) is 2. The summed E-state index contributed by atoms with van der Waals surface area (Å²) in [5.41, 5.74) is 2.18. The molecule has 1 unspecified atom stereocenters. The van der Waals surface area contributed by atoms with Crippen LogP contribution in [0.15, 0.2) is 18.3 Å². The molecule has 1 atom stereocenters. The van der Waals surface area contributed by atoms with Crippen molar-refractivity contribution >= 4 is 5.69 Å². The first-order chi connectivity index (χ1) is 7.36. The zero-order valence-electron chi connectivity index (χ0n) is 11.1. The van der Waals surface area contributed by atoms with Crippen LogP contribution in [-0.2, 0) is 4.74 Å². The molecule has 0 saturated heterocycles. The standard InChI is InChI=1S/C13H22N2O/c1-13(2,3)12(16-6)11-9-10(15(4)5)7-8-14-11/h7-9,12H,1-6H3. The highest BCUT2D eigenvalue weighted by atomic mass is 16.5. The van der Waals surface area contributed by atoms with E-state index in [1.54, 1.807) is 7.11 Å². The lowest BCUT2D eigenvalue weighted by Gasteiger charge is -2.29. The lowest BCUT2D eigenvalue weighted by atomic mass is 9.86. The zero-order chi connectivity index (χ0) is 12.3. The first-order valence-electron chi connectivity index (χ1n) is 5.52. The Kier molecular flexibility index (Phi) is 3.92. The van der Waals surface area contributed by atoms with Gasteiger partial charge < -0.3 is 9.64 Å². The van der Waals surface area contributed by atoms with Gasteiger partial charge in [-0.05, 0) is 17.5 Å². The van der Waals surface area contributed by atoms with E-state index >= 15 is 0 Å². The van der Waals surface area contributed by atoms with Crippen molar-refractivity contribution in [3.05, 3.63) is 24.0 Å². The third kappa shape index (κ3) is 2.95. The van der Waals surface area contributed by atoms with Gasteiger partial charge in [0.05, 0.1) is 5.69 Å². The summed E-state index contributed by atoms with van der Waals surface area (Å²) < 4.78 is 5.55. The van der Waals surface area contributed by atoms with Crippen molar-refractivity contribution in [1.29, 1.82) is 0 Å². The molecular weight excluding hydrogens is 200 g/mol. The van der Waals surface area contributed by atoms with E-state index in [1.807, 2.05) is 26.4 Å². The molecule has 0 aliphatic carbocycles. The van der Waals surface area contributed by atoms with Crippen LogP contribution in [0.2, 0.25) is 0 Å². The third-order valence-electron chi connectivity index (χ3n) is 2.57. The van der Waals surface area contributed by atoms with Crippen LogP contribution >= 0.6 is 0 Å². The van der Waals surface area contributed by atoms with Gasteiger partial charge in [0, 0.05) is 33.1 Å². The molecule has 0 aliphatic heterocycles. The summed E-state index contributed by atoms with van der Waals surface area (Å²) >= 11 is 0. The highest BCUT2D eigenvalue weighted by Gasteiger charge is 2.27. The van der Waals surface area contributed by atoms with Crippen molar-refractivity contribution in [2.75, 3.05) is 26.1 Å². The SMILES string of the molecule is COC(c1cc(N(C)C)ccn1)C(C)(C)C. The maximum absolute atomic E-state index is 5.55. The minimum absolute atomic E-state index is 0.0207. The molecule has 0 amide bonds. The molecule has 0 aromatic carbocycles. The highest BCUT2D eigenvalue weighted by molar-refractivity contribution is 5.45. The van der Waals surface area contributed by atoms with E-state index in [1.165, 1.54) is 0 Å². The number of ether oxygens (including phenoxy) is 1. The van der Waals surface area contributed by atoms with Gasteiger partial charge in [-0.2, -0.15) is 0 Å². The molecule has 3 heteroatoms. The van der Waals surface area contributed by atoms with Crippen molar-refractivity contribution < 1.29 is 4.74 Å². The van der Waals surface area contributed by atoms with Crippen LogP contribution in [-0.4, -0.2) is 26.2 Å². The summed E-state index contributed by atoms with van der Waals surface area (Å²) in [6.07, 6.45) is 1.86. The lowest BCUT2D eigenvalue weighted by Crippen LogP contribution is -2.21. The molecule has 1 heterocycles. The second-order valence-corrected chi connectivity index (χ2v) is 5.32. The Morgan fingerprint density at radius 1 is 1.31 bits per heavy atom. The lowest BCUT2D eigenvalue weighted by molar-refractivity contribution is 0.0121. The molecule has 0 spiro atoms. The fraction of sp³-hybridized carbons (Fsp3) is 0.615. The molecule has 90 valence electrons. The van der Waals surface area contributed by atoms with Crippen LogP contribution in [0.25, 0.3) is 0 Å². The molecule has 0 fully saturated rings. The first-order valence-corrected chi connectivity index (χ1v) is 5.52. The van der Waals surface area contributed by atoms with E-state index in [2.05, 4.69) is 36.7 Å². The van der Waals surface area contributed by atoms with Gasteiger partial charge in [-0.25, -0.2) is 0 Å². The van der Waals surface area contributed by atoms with Crippen LogP contribution in [0.5, 0.6) is 0 Å². The van der Waals surface area contributed by atoms with Crippen LogP contribution in [0.1, 0.15) is 32.6 Å². The van der Waals surface area contributed by atoms with Crippen LogP contribution in [0, 0.1) is 5.41 Å². The minimum Gasteiger partial charge on any atom is -0.378 e. The summed E-state index contributed by atoms with van der Waals surface area (Å²) in [5, 5.41) is 0. The van der Waals surface area contributed by atoms with E-state index in [0.717, 1.165) is 11.4 Å². The Morgan fingerprint density at radius 3 is 2.38 bits per heavy atom. The molecule has 0 aliphatic rings. The van der Waals surface area contributed by atoms with Gasteiger partial charge in [-0.15, -0.1) is 0 Å². The van der Waals surface area contributed by atoms with Crippen molar-refractivity contribution in [2.24, 2.45) is 5.41 Å². The van der Waals surface area contributed by atoms with E-state index in [9.17, 15) is 0 Å². The molecular formula is C13H22N2O. The predicted octanol–water partition coefficient (Wildman–Crippen LogP) is 2.88. The summed E-state index contributed by atoms with van der Waals surface area (Å²) in [4.78, 5) is 6.48.